The number of nitrogens with zero attached hydrogens (tertiary/aromatic N) is 1. The third kappa shape index (κ3) is 3.21. The number of hydrogen-bond acceptors (Lipinski definition) is 4. The maximum atomic E-state index is 12.8. The van der Waals surface area contributed by atoms with E-state index in [0.717, 1.165) is 31.2 Å². The molecule has 1 aliphatic heterocycles. The highest BCUT2D eigenvalue weighted by Gasteiger charge is 2.40. The fraction of sp³-hybridized carbons (Fsp3) is 0.611. The van der Waals surface area contributed by atoms with Gasteiger partial charge in [0.15, 0.2) is 0 Å². The fourth-order valence-corrected chi connectivity index (χ4v) is 5.73. The van der Waals surface area contributed by atoms with Gasteiger partial charge in [0.05, 0.1) is 5.69 Å². The molecule has 26 heavy (non-hydrogen) atoms. The molecular weight excluding hydrogens is 352 g/mol. The van der Waals surface area contributed by atoms with Gasteiger partial charge in [0.25, 0.3) is 10.2 Å². The minimum Gasteiger partial charge on any atom is -0.327 e. The molecule has 1 amide bonds. The lowest BCUT2D eigenvalue weighted by Crippen LogP contribution is -2.48. The minimum absolute atomic E-state index is 0.00824. The summed E-state index contributed by atoms with van der Waals surface area (Å²) in [5.74, 6) is 0.869. The topological polar surface area (TPSA) is 119 Å². The van der Waals surface area contributed by atoms with Crippen LogP contribution in [0, 0.1) is 17.8 Å². The van der Waals surface area contributed by atoms with E-state index >= 15 is 0 Å². The molecule has 4 rings (SSSR count). The van der Waals surface area contributed by atoms with E-state index in [4.69, 9.17) is 10.9 Å². The SMILES string of the molecule is NC1C2CCCC1CC(C(=O)Nc1ccc3c(c1)N(S(N)(=O)=O)CC3)C2. The van der Waals surface area contributed by atoms with Crippen LogP contribution < -0.4 is 20.5 Å². The van der Waals surface area contributed by atoms with Crippen LogP contribution in [-0.4, -0.2) is 26.9 Å². The lowest BCUT2D eigenvalue weighted by molar-refractivity contribution is -0.122. The van der Waals surface area contributed by atoms with E-state index in [0.29, 0.717) is 36.2 Å². The van der Waals surface area contributed by atoms with Crippen molar-refractivity contribution in [2.24, 2.45) is 28.6 Å². The van der Waals surface area contributed by atoms with Crippen LogP contribution in [0.2, 0.25) is 0 Å². The summed E-state index contributed by atoms with van der Waals surface area (Å²) in [5, 5.41) is 8.26. The molecule has 0 saturated heterocycles. The summed E-state index contributed by atoms with van der Waals surface area (Å²) in [6.45, 7) is 0.343. The van der Waals surface area contributed by atoms with E-state index in [1.807, 2.05) is 12.1 Å². The van der Waals surface area contributed by atoms with E-state index in [2.05, 4.69) is 5.32 Å². The van der Waals surface area contributed by atoms with Gasteiger partial charge in [-0.2, -0.15) is 8.42 Å². The Bertz CT molecular complexity index is 812. The molecule has 8 heteroatoms. The number of carbonyl (C=O) groups is 1. The van der Waals surface area contributed by atoms with Gasteiger partial charge in [-0.15, -0.1) is 0 Å². The molecule has 2 bridgehead atoms. The lowest BCUT2D eigenvalue weighted by atomic mass is 9.65. The van der Waals surface area contributed by atoms with Gasteiger partial charge in [0, 0.05) is 24.2 Å². The van der Waals surface area contributed by atoms with E-state index in [1.54, 1.807) is 6.07 Å². The molecule has 5 N–H and O–H groups in total. The average Bonchev–Trinajstić information content (AvgIpc) is 2.97. The number of rotatable bonds is 3. The third-order valence-electron chi connectivity index (χ3n) is 6.30. The maximum Gasteiger partial charge on any atom is 0.299 e. The van der Waals surface area contributed by atoms with Gasteiger partial charge in [-0.05, 0) is 61.6 Å². The zero-order valence-electron chi connectivity index (χ0n) is 14.7. The standard InChI is InChI=1S/C18H26N4O3S/c19-17-12-2-1-3-13(17)9-14(8-12)18(23)21-15-5-4-11-6-7-22(16(11)10-15)26(20,24)25/h4-5,10,12-14,17H,1-3,6-9,19H2,(H,21,23)(H2,20,24,25). The Labute approximate surface area is 154 Å². The number of anilines is 2. The Kier molecular flexibility index (Phi) is 4.45. The first-order valence-corrected chi connectivity index (χ1v) is 10.8. The average molecular weight is 378 g/mol. The highest BCUT2D eigenvalue weighted by Crippen LogP contribution is 2.42. The van der Waals surface area contributed by atoms with E-state index in [1.165, 1.54) is 10.7 Å². The van der Waals surface area contributed by atoms with Crippen LogP contribution in [0.4, 0.5) is 11.4 Å². The summed E-state index contributed by atoms with van der Waals surface area (Å²) in [6, 6.07) is 5.64. The molecule has 1 aromatic carbocycles. The number of nitrogens with one attached hydrogen (secondary N) is 1. The molecule has 3 aliphatic rings. The summed E-state index contributed by atoms with van der Waals surface area (Å²) < 4.78 is 24.6. The zero-order chi connectivity index (χ0) is 18.5. The number of fused-ring (bicyclic) bond motifs is 3. The second-order valence-electron chi connectivity index (χ2n) is 7.90. The summed E-state index contributed by atoms with van der Waals surface area (Å²) in [7, 11) is -3.79. The molecule has 2 aliphatic carbocycles. The van der Waals surface area contributed by atoms with Crippen molar-refractivity contribution in [1.82, 2.24) is 0 Å². The molecule has 0 aromatic heterocycles. The maximum absolute atomic E-state index is 12.8. The largest absolute Gasteiger partial charge is 0.327 e. The van der Waals surface area contributed by atoms with Crippen molar-refractivity contribution < 1.29 is 13.2 Å². The van der Waals surface area contributed by atoms with Crippen LogP contribution in [0.3, 0.4) is 0 Å². The predicted octanol–water partition coefficient (Wildman–Crippen LogP) is 1.34. The Balaban J connectivity index is 1.49. The van der Waals surface area contributed by atoms with Crippen LogP contribution in [0.25, 0.3) is 0 Å². The van der Waals surface area contributed by atoms with Crippen molar-refractivity contribution in [2.45, 2.75) is 44.6 Å². The van der Waals surface area contributed by atoms with E-state index in [-0.39, 0.29) is 17.9 Å². The molecule has 2 fully saturated rings. The highest BCUT2D eigenvalue weighted by atomic mass is 32.2. The first-order valence-electron chi connectivity index (χ1n) is 9.33. The molecule has 0 spiro atoms. The van der Waals surface area contributed by atoms with Crippen molar-refractivity contribution in [3.05, 3.63) is 23.8 Å². The highest BCUT2D eigenvalue weighted by molar-refractivity contribution is 7.90. The van der Waals surface area contributed by atoms with Crippen molar-refractivity contribution in [1.29, 1.82) is 0 Å². The zero-order valence-corrected chi connectivity index (χ0v) is 15.5. The van der Waals surface area contributed by atoms with Gasteiger partial charge in [0.1, 0.15) is 0 Å². The number of carbonyl (C=O) groups excluding carboxylic acids is 1. The first-order chi connectivity index (χ1) is 12.3. The molecule has 7 nitrogen and oxygen atoms in total. The van der Waals surface area contributed by atoms with Gasteiger partial charge in [-0.25, -0.2) is 5.14 Å². The van der Waals surface area contributed by atoms with E-state index < -0.39 is 10.2 Å². The van der Waals surface area contributed by atoms with Crippen molar-refractivity contribution >= 4 is 27.5 Å². The van der Waals surface area contributed by atoms with Crippen LogP contribution in [-0.2, 0) is 21.4 Å². The molecule has 142 valence electrons. The predicted molar refractivity (Wildman–Crippen MR) is 101 cm³/mol. The van der Waals surface area contributed by atoms with Crippen LogP contribution >= 0.6 is 0 Å². The fourth-order valence-electron chi connectivity index (χ4n) is 4.94. The lowest BCUT2D eigenvalue weighted by Gasteiger charge is -2.43. The van der Waals surface area contributed by atoms with Crippen molar-refractivity contribution in [2.75, 3.05) is 16.2 Å². The van der Waals surface area contributed by atoms with Crippen LogP contribution in [0.15, 0.2) is 18.2 Å². The molecule has 0 radical (unpaired) electrons. The van der Waals surface area contributed by atoms with Crippen molar-refractivity contribution in [3.63, 3.8) is 0 Å². The van der Waals surface area contributed by atoms with Gasteiger partial charge >= 0.3 is 0 Å². The third-order valence-corrected chi connectivity index (χ3v) is 7.29. The van der Waals surface area contributed by atoms with Crippen LogP contribution in [0.1, 0.15) is 37.7 Å². The summed E-state index contributed by atoms with van der Waals surface area (Å²) >= 11 is 0. The summed E-state index contributed by atoms with van der Waals surface area (Å²) in [4.78, 5) is 12.8. The normalized spacial score (nSPS) is 30.8. The molecular formula is C18H26N4O3S. The van der Waals surface area contributed by atoms with Crippen molar-refractivity contribution in [3.8, 4) is 0 Å². The molecule has 2 unspecified atom stereocenters. The summed E-state index contributed by atoms with van der Waals surface area (Å²) in [5.41, 5.74) is 8.41. The van der Waals surface area contributed by atoms with Gasteiger partial charge in [0.2, 0.25) is 5.91 Å². The second-order valence-corrected chi connectivity index (χ2v) is 9.37. The molecule has 2 atom stereocenters. The molecule has 1 heterocycles. The Morgan fingerprint density at radius 3 is 2.54 bits per heavy atom. The molecule has 2 saturated carbocycles. The van der Waals surface area contributed by atoms with Crippen LogP contribution in [0.5, 0.6) is 0 Å². The Morgan fingerprint density at radius 2 is 1.88 bits per heavy atom. The monoisotopic (exact) mass is 378 g/mol. The van der Waals surface area contributed by atoms with Gasteiger partial charge in [-0.3, -0.25) is 9.10 Å². The summed E-state index contributed by atoms with van der Waals surface area (Å²) in [6.07, 6.45) is 5.76. The number of nitrogens with two attached hydrogens (primary N) is 2. The van der Waals surface area contributed by atoms with Gasteiger partial charge in [-0.1, -0.05) is 12.5 Å². The Morgan fingerprint density at radius 1 is 1.19 bits per heavy atom. The minimum atomic E-state index is -3.79. The first kappa shape index (κ1) is 17.8. The number of benzene rings is 1. The number of hydrogen-bond donors (Lipinski definition) is 3. The quantitative estimate of drug-likeness (QED) is 0.735. The van der Waals surface area contributed by atoms with Gasteiger partial charge < -0.3 is 11.1 Å². The smallest absolute Gasteiger partial charge is 0.299 e. The second kappa shape index (κ2) is 6.51. The number of amides is 1. The Hall–Kier alpha value is -1.64. The molecule has 1 aromatic rings. The van der Waals surface area contributed by atoms with E-state index in [9.17, 15) is 13.2 Å².